The lowest BCUT2D eigenvalue weighted by Gasteiger charge is -2.20. The summed E-state index contributed by atoms with van der Waals surface area (Å²) >= 11 is 1.08. The number of nitrogens with zero attached hydrogens (tertiary/aromatic N) is 2. The fourth-order valence-corrected chi connectivity index (χ4v) is 3.84. The number of hydrogen-bond acceptors (Lipinski definition) is 4. The second kappa shape index (κ2) is 8.73. The molecule has 0 aliphatic heterocycles. The van der Waals surface area contributed by atoms with Gasteiger partial charge in [-0.15, -0.1) is 0 Å². The Labute approximate surface area is 171 Å². The lowest BCUT2D eigenvalue weighted by Crippen LogP contribution is -2.29. The first kappa shape index (κ1) is 21.0. The van der Waals surface area contributed by atoms with Gasteiger partial charge < -0.3 is 5.32 Å². The van der Waals surface area contributed by atoms with E-state index in [1.54, 1.807) is 35.8 Å². The molecule has 152 valence electrons. The number of carbonyl (C=O) groups is 1. The minimum Gasteiger partial charge on any atom is -0.320 e. The molecule has 0 spiro atoms. The zero-order chi connectivity index (χ0) is 21.1. The van der Waals surface area contributed by atoms with Crippen molar-refractivity contribution in [3.63, 3.8) is 0 Å². The summed E-state index contributed by atoms with van der Waals surface area (Å²) in [6.45, 7) is 5.46. The van der Waals surface area contributed by atoms with Gasteiger partial charge in [-0.25, -0.2) is 13.8 Å². The molecule has 0 fully saturated rings. The van der Waals surface area contributed by atoms with Gasteiger partial charge in [-0.3, -0.25) is 14.2 Å². The molecular formula is C21H21F2N3O2S. The molecule has 5 nitrogen and oxygen atoms in total. The van der Waals surface area contributed by atoms with Crippen LogP contribution in [0.1, 0.15) is 33.2 Å². The van der Waals surface area contributed by atoms with E-state index in [2.05, 4.69) is 10.3 Å². The molecule has 0 saturated carbocycles. The van der Waals surface area contributed by atoms with Crippen molar-refractivity contribution in [1.29, 1.82) is 0 Å². The summed E-state index contributed by atoms with van der Waals surface area (Å²) in [6, 6.07) is 10.3. The first-order chi connectivity index (χ1) is 13.8. The summed E-state index contributed by atoms with van der Waals surface area (Å²) in [4.78, 5) is 30.1. The number of carbonyl (C=O) groups excluding carboxylic acids is 1. The van der Waals surface area contributed by atoms with Crippen molar-refractivity contribution in [2.45, 2.75) is 43.6 Å². The van der Waals surface area contributed by atoms with Gasteiger partial charge >= 0.3 is 0 Å². The molecule has 1 N–H and O–H groups in total. The summed E-state index contributed by atoms with van der Waals surface area (Å²) in [5, 5.41) is 2.44. The molecule has 0 aliphatic carbocycles. The van der Waals surface area contributed by atoms with Crippen LogP contribution in [-0.4, -0.2) is 20.7 Å². The third-order valence-corrected chi connectivity index (χ3v) is 5.74. The average Bonchev–Trinajstić information content (AvgIpc) is 2.70. The first-order valence-electron chi connectivity index (χ1n) is 9.26. The summed E-state index contributed by atoms with van der Waals surface area (Å²) in [6.07, 6.45) is 0.703. The fraction of sp³-hybridized carbons (Fsp3) is 0.286. The zero-order valence-corrected chi connectivity index (χ0v) is 17.1. The van der Waals surface area contributed by atoms with E-state index < -0.39 is 28.5 Å². The number of halogens is 2. The summed E-state index contributed by atoms with van der Waals surface area (Å²) in [5.41, 5.74) is -0.136. The smallest absolute Gasteiger partial charge is 0.262 e. The molecule has 1 amide bonds. The molecule has 2 aromatic carbocycles. The monoisotopic (exact) mass is 417 g/mol. The number of hydrogen-bond donors (Lipinski definition) is 1. The van der Waals surface area contributed by atoms with Crippen molar-refractivity contribution >= 4 is 34.3 Å². The van der Waals surface area contributed by atoms with Gasteiger partial charge in [-0.05, 0) is 44.5 Å². The number of benzene rings is 2. The number of rotatable bonds is 6. The van der Waals surface area contributed by atoms with Crippen LogP contribution in [0.5, 0.6) is 0 Å². The minimum absolute atomic E-state index is 0.124. The van der Waals surface area contributed by atoms with Gasteiger partial charge in [0.15, 0.2) is 5.16 Å². The van der Waals surface area contributed by atoms with Crippen molar-refractivity contribution < 1.29 is 13.6 Å². The summed E-state index contributed by atoms with van der Waals surface area (Å²) < 4.78 is 29.2. The molecule has 8 heteroatoms. The van der Waals surface area contributed by atoms with Gasteiger partial charge in [0.05, 0.1) is 16.2 Å². The van der Waals surface area contributed by atoms with Gasteiger partial charge in [0.1, 0.15) is 17.3 Å². The topological polar surface area (TPSA) is 64.0 Å². The van der Waals surface area contributed by atoms with Gasteiger partial charge in [-0.1, -0.05) is 36.9 Å². The van der Waals surface area contributed by atoms with Crippen LogP contribution in [0.3, 0.4) is 0 Å². The van der Waals surface area contributed by atoms with Gasteiger partial charge in [0, 0.05) is 6.04 Å². The average molecular weight is 417 g/mol. The van der Waals surface area contributed by atoms with Crippen molar-refractivity contribution in [1.82, 2.24) is 9.55 Å². The number of aromatic nitrogens is 2. The van der Waals surface area contributed by atoms with Crippen LogP contribution < -0.4 is 10.9 Å². The summed E-state index contributed by atoms with van der Waals surface area (Å²) in [5.74, 6) is -2.29. The summed E-state index contributed by atoms with van der Waals surface area (Å²) in [7, 11) is 0. The Morgan fingerprint density at radius 1 is 1.14 bits per heavy atom. The highest BCUT2D eigenvalue weighted by Crippen LogP contribution is 2.27. The van der Waals surface area contributed by atoms with Gasteiger partial charge in [0.25, 0.3) is 5.56 Å². The molecule has 2 atom stereocenters. The molecule has 0 radical (unpaired) electrons. The van der Waals surface area contributed by atoms with E-state index >= 15 is 0 Å². The maximum absolute atomic E-state index is 13.8. The van der Waals surface area contributed by atoms with E-state index in [1.807, 2.05) is 13.8 Å². The van der Waals surface area contributed by atoms with Crippen LogP contribution >= 0.6 is 11.8 Å². The van der Waals surface area contributed by atoms with Crippen molar-refractivity contribution in [3.05, 3.63) is 64.5 Å². The van der Waals surface area contributed by atoms with E-state index in [4.69, 9.17) is 0 Å². The molecule has 3 aromatic rings. The Morgan fingerprint density at radius 2 is 1.79 bits per heavy atom. The largest absolute Gasteiger partial charge is 0.320 e. The quantitative estimate of drug-likeness (QED) is 0.464. The van der Waals surface area contributed by atoms with Crippen molar-refractivity contribution in [2.75, 3.05) is 5.32 Å². The number of nitrogens with one attached hydrogen (secondary N) is 1. The predicted molar refractivity (Wildman–Crippen MR) is 111 cm³/mol. The predicted octanol–water partition coefficient (Wildman–Crippen LogP) is 4.77. The minimum atomic E-state index is -0.851. The SMILES string of the molecule is CC[C@H](C)n1c(S[C@@H](C)C(=O)Nc2c(F)cccc2F)nc2ccccc2c1=O. The van der Waals surface area contributed by atoms with E-state index in [9.17, 15) is 18.4 Å². The highest BCUT2D eigenvalue weighted by atomic mass is 32.2. The van der Waals surface area contributed by atoms with Crippen molar-refractivity contribution in [2.24, 2.45) is 0 Å². The molecule has 29 heavy (non-hydrogen) atoms. The Bertz CT molecular complexity index is 1100. The van der Waals surface area contributed by atoms with Crippen LogP contribution in [0.4, 0.5) is 14.5 Å². The third-order valence-electron chi connectivity index (χ3n) is 4.67. The number of fused-ring (bicyclic) bond motifs is 1. The number of anilines is 1. The Morgan fingerprint density at radius 3 is 2.45 bits per heavy atom. The third kappa shape index (κ3) is 4.32. The van der Waals surface area contributed by atoms with Crippen molar-refractivity contribution in [3.8, 4) is 0 Å². The maximum Gasteiger partial charge on any atom is 0.262 e. The lowest BCUT2D eigenvalue weighted by atomic mass is 10.2. The van der Waals surface area contributed by atoms with Crippen LogP contribution in [0, 0.1) is 11.6 Å². The molecule has 1 heterocycles. The van der Waals surface area contributed by atoms with E-state index in [0.29, 0.717) is 22.5 Å². The fourth-order valence-electron chi connectivity index (χ4n) is 2.83. The van der Waals surface area contributed by atoms with Crippen LogP contribution in [0.25, 0.3) is 10.9 Å². The number of thioether (sulfide) groups is 1. The van der Waals surface area contributed by atoms with Gasteiger partial charge in [0.2, 0.25) is 5.91 Å². The Kier molecular flexibility index (Phi) is 6.32. The standard InChI is InChI=1S/C21H21F2N3O2S/c1-4-12(2)26-20(28)14-8-5-6-11-17(14)24-21(26)29-13(3)19(27)25-18-15(22)9-7-10-16(18)23/h5-13H,4H2,1-3H3,(H,25,27)/t12-,13-/m0/s1. The maximum atomic E-state index is 13.8. The molecule has 0 saturated heterocycles. The lowest BCUT2D eigenvalue weighted by molar-refractivity contribution is -0.115. The van der Waals surface area contributed by atoms with E-state index in [0.717, 1.165) is 23.9 Å². The Balaban J connectivity index is 1.94. The molecule has 0 unspecified atom stereocenters. The first-order valence-corrected chi connectivity index (χ1v) is 10.1. The molecular weight excluding hydrogens is 396 g/mol. The zero-order valence-electron chi connectivity index (χ0n) is 16.3. The van der Waals surface area contributed by atoms with Gasteiger partial charge in [-0.2, -0.15) is 0 Å². The number of amides is 1. The normalized spacial score (nSPS) is 13.3. The number of para-hydroxylation sites is 2. The second-order valence-electron chi connectivity index (χ2n) is 6.69. The van der Waals surface area contributed by atoms with Crippen LogP contribution in [0.2, 0.25) is 0 Å². The highest BCUT2D eigenvalue weighted by molar-refractivity contribution is 8.00. The molecule has 0 aliphatic rings. The van der Waals surface area contributed by atoms with E-state index in [-0.39, 0.29) is 11.6 Å². The highest BCUT2D eigenvalue weighted by Gasteiger charge is 2.23. The van der Waals surface area contributed by atoms with E-state index in [1.165, 1.54) is 6.07 Å². The molecule has 3 rings (SSSR count). The molecule has 1 aromatic heterocycles. The molecule has 0 bridgehead atoms. The Hall–Kier alpha value is -2.74. The van der Waals surface area contributed by atoms with Crippen LogP contribution in [0.15, 0.2) is 52.4 Å². The second-order valence-corrected chi connectivity index (χ2v) is 8.00. The van der Waals surface area contributed by atoms with Crippen LogP contribution in [-0.2, 0) is 4.79 Å².